The smallest absolute Gasteiger partial charge is 0.220 e. The highest BCUT2D eigenvalue weighted by molar-refractivity contribution is 5.76. The summed E-state index contributed by atoms with van der Waals surface area (Å²) >= 11 is 0. The van der Waals surface area contributed by atoms with Crippen molar-refractivity contribution >= 4 is 11.6 Å². The van der Waals surface area contributed by atoms with Crippen LogP contribution >= 0.6 is 0 Å². The highest BCUT2D eigenvalue weighted by Crippen LogP contribution is 2.08. The molecule has 0 spiro atoms. The molecule has 0 aliphatic rings. The molecular formula is C14H22N2O2. The number of aliphatic hydroxyl groups excluding tert-OH is 1. The number of nitrogen functional groups attached to an aromatic ring is 1. The van der Waals surface area contributed by atoms with E-state index in [-0.39, 0.29) is 18.6 Å². The zero-order chi connectivity index (χ0) is 13.4. The number of hydrogen-bond donors (Lipinski definition) is 3. The Hall–Kier alpha value is -1.55. The van der Waals surface area contributed by atoms with E-state index in [9.17, 15) is 4.79 Å². The number of nitrogens with two attached hydrogens (primary N) is 1. The molecule has 1 rings (SSSR count). The predicted octanol–water partition coefficient (Wildman–Crippen LogP) is 1.48. The molecule has 1 amide bonds. The van der Waals surface area contributed by atoms with Crippen LogP contribution in [0.2, 0.25) is 0 Å². The Kier molecular flexibility index (Phi) is 6.22. The van der Waals surface area contributed by atoms with Gasteiger partial charge in [0, 0.05) is 24.8 Å². The number of anilines is 1. The predicted molar refractivity (Wildman–Crippen MR) is 73.1 cm³/mol. The van der Waals surface area contributed by atoms with Gasteiger partial charge in [-0.15, -0.1) is 0 Å². The number of benzene rings is 1. The first kappa shape index (κ1) is 14.5. The van der Waals surface area contributed by atoms with Crippen molar-refractivity contribution in [1.29, 1.82) is 0 Å². The van der Waals surface area contributed by atoms with Gasteiger partial charge in [0.05, 0.1) is 0 Å². The second kappa shape index (κ2) is 7.71. The van der Waals surface area contributed by atoms with Gasteiger partial charge in [-0.1, -0.05) is 19.1 Å². The summed E-state index contributed by atoms with van der Waals surface area (Å²) in [5.74, 6) is 0.0344. The molecule has 0 aliphatic heterocycles. The standard InChI is InChI=1S/C14H22N2O2/c1-2-13(9-10-17)16-14(18)8-5-11-3-6-12(15)7-4-11/h3-4,6-7,13,17H,2,5,8-10,15H2,1H3,(H,16,18). The van der Waals surface area contributed by atoms with Gasteiger partial charge in [0.1, 0.15) is 0 Å². The minimum absolute atomic E-state index is 0.0344. The van der Waals surface area contributed by atoms with Crippen LogP contribution < -0.4 is 11.1 Å². The highest BCUT2D eigenvalue weighted by Gasteiger charge is 2.09. The quantitative estimate of drug-likeness (QED) is 0.642. The van der Waals surface area contributed by atoms with Gasteiger partial charge in [0.15, 0.2) is 0 Å². The van der Waals surface area contributed by atoms with Crippen LogP contribution in [-0.4, -0.2) is 23.7 Å². The molecule has 1 aromatic carbocycles. The third-order valence-corrected chi connectivity index (χ3v) is 2.96. The van der Waals surface area contributed by atoms with Gasteiger partial charge in [-0.05, 0) is 37.0 Å². The lowest BCUT2D eigenvalue weighted by Gasteiger charge is -2.15. The number of aryl methyl sites for hydroxylation is 1. The minimum Gasteiger partial charge on any atom is -0.399 e. The summed E-state index contributed by atoms with van der Waals surface area (Å²) in [6.45, 7) is 2.11. The van der Waals surface area contributed by atoms with E-state index in [4.69, 9.17) is 10.8 Å². The van der Waals surface area contributed by atoms with Crippen LogP contribution in [0.4, 0.5) is 5.69 Å². The number of amides is 1. The topological polar surface area (TPSA) is 75.3 Å². The van der Waals surface area contributed by atoms with E-state index < -0.39 is 0 Å². The Balaban J connectivity index is 2.34. The van der Waals surface area contributed by atoms with Crippen LogP contribution in [0.15, 0.2) is 24.3 Å². The fraction of sp³-hybridized carbons (Fsp3) is 0.500. The van der Waals surface area contributed by atoms with Crippen molar-refractivity contribution in [3.63, 3.8) is 0 Å². The van der Waals surface area contributed by atoms with E-state index in [2.05, 4.69) is 5.32 Å². The van der Waals surface area contributed by atoms with Gasteiger partial charge in [-0.2, -0.15) is 0 Å². The Bertz CT molecular complexity index is 363. The maximum atomic E-state index is 11.7. The van der Waals surface area contributed by atoms with Crippen molar-refractivity contribution in [3.05, 3.63) is 29.8 Å². The fourth-order valence-electron chi connectivity index (χ4n) is 1.78. The largest absolute Gasteiger partial charge is 0.399 e. The highest BCUT2D eigenvalue weighted by atomic mass is 16.3. The molecule has 4 heteroatoms. The van der Waals surface area contributed by atoms with Gasteiger partial charge in [0.25, 0.3) is 0 Å². The van der Waals surface area contributed by atoms with Gasteiger partial charge in [0.2, 0.25) is 5.91 Å². The average Bonchev–Trinajstić information content (AvgIpc) is 2.37. The fourth-order valence-corrected chi connectivity index (χ4v) is 1.78. The van der Waals surface area contributed by atoms with E-state index in [0.717, 1.165) is 17.7 Å². The second-order valence-corrected chi connectivity index (χ2v) is 4.43. The summed E-state index contributed by atoms with van der Waals surface area (Å²) in [5.41, 5.74) is 7.44. The number of carbonyl (C=O) groups is 1. The SMILES string of the molecule is CCC(CCO)NC(=O)CCc1ccc(N)cc1. The molecule has 18 heavy (non-hydrogen) atoms. The number of hydrogen-bond acceptors (Lipinski definition) is 3. The summed E-state index contributed by atoms with van der Waals surface area (Å²) in [6.07, 6.45) is 2.63. The monoisotopic (exact) mass is 250 g/mol. The van der Waals surface area contributed by atoms with Crippen LogP contribution in [0.1, 0.15) is 31.7 Å². The molecule has 0 fully saturated rings. The van der Waals surface area contributed by atoms with Crippen molar-refractivity contribution < 1.29 is 9.90 Å². The number of carbonyl (C=O) groups excluding carboxylic acids is 1. The number of aliphatic hydroxyl groups is 1. The molecule has 4 N–H and O–H groups in total. The van der Waals surface area contributed by atoms with E-state index in [1.807, 2.05) is 31.2 Å². The summed E-state index contributed by atoms with van der Waals surface area (Å²) in [6, 6.07) is 7.64. The maximum absolute atomic E-state index is 11.7. The molecule has 4 nitrogen and oxygen atoms in total. The van der Waals surface area contributed by atoms with Crippen LogP contribution in [-0.2, 0) is 11.2 Å². The summed E-state index contributed by atoms with van der Waals surface area (Å²) in [4.78, 5) is 11.7. The summed E-state index contributed by atoms with van der Waals surface area (Å²) in [7, 11) is 0. The van der Waals surface area contributed by atoms with Crippen LogP contribution in [0, 0.1) is 0 Å². The van der Waals surface area contributed by atoms with Gasteiger partial charge < -0.3 is 16.2 Å². The zero-order valence-corrected chi connectivity index (χ0v) is 10.9. The molecule has 1 atom stereocenters. The Morgan fingerprint density at radius 2 is 2.06 bits per heavy atom. The summed E-state index contributed by atoms with van der Waals surface area (Å²) < 4.78 is 0. The molecule has 0 aliphatic carbocycles. The lowest BCUT2D eigenvalue weighted by atomic mass is 10.1. The first-order valence-electron chi connectivity index (χ1n) is 6.40. The number of rotatable bonds is 7. The first-order valence-corrected chi connectivity index (χ1v) is 6.40. The molecule has 0 bridgehead atoms. The van der Waals surface area contributed by atoms with Crippen molar-refractivity contribution in [2.45, 2.75) is 38.6 Å². The molecule has 1 unspecified atom stereocenters. The van der Waals surface area contributed by atoms with Gasteiger partial charge in [-0.3, -0.25) is 4.79 Å². The third kappa shape index (κ3) is 5.19. The molecule has 0 aromatic heterocycles. The molecule has 1 aromatic rings. The van der Waals surface area contributed by atoms with Crippen molar-refractivity contribution in [2.24, 2.45) is 0 Å². The second-order valence-electron chi connectivity index (χ2n) is 4.43. The molecule has 0 saturated heterocycles. The van der Waals surface area contributed by atoms with Crippen LogP contribution in [0.25, 0.3) is 0 Å². The van der Waals surface area contributed by atoms with Gasteiger partial charge in [-0.25, -0.2) is 0 Å². The average molecular weight is 250 g/mol. The zero-order valence-electron chi connectivity index (χ0n) is 10.9. The lowest BCUT2D eigenvalue weighted by Crippen LogP contribution is -2.35. The lowest BCUT2D eigenvalue weighted by molar-refractivity contribution is -0.121. The van der Waals surface area contributed by atoms with Crippen molar-refractivity contribution in [1.82, 2.24) is 5.32 Å². The Morgan fingerprint density at radius 3 is 2.61 bits per heavy atom. The van der Waals surface area contributed by atoms with Gasteiger partial charge >= 0.3 is 0 Å². The molecule has 100 valence electrons. The minimum atomic E-state index is 0.0344. The normalized spacial score (nSPS) is 12.1. The Morgan fingerprint density at radius 1 is 1.39 bits per heavy atom. The molecule has 0 radical (unpaired) electrons. The summed E-state index contributed by atoms with van der Waals surface area (Å²) in [5, 5.41) is 11.8. The van der Waals surface area contributed by atoms with Crippen molar-refractivity contribution in [2.75, 3.05) is 12.3 Å². The van der Waals surface area contributed by atoms with E-state index in [1.165, 1.54) is 0 Å². The maximum Gasteiger partial charge on any atom is 0.220 e. The van der Waals surface area contributed by atoms with E-state index in [1.54, 1.807) is 0 Å². The third-order valence-electron chi connectivity index (χ3n) is 2.96. The first-order chi connectivity index (χ1) is 8.65. The number of nitrogens with one attached hydrogen (secondary N) is 1. The molecular weight excluding hydrogens is 228 g/mol. The van der Waals surface area contributed by atoms with Crippen LogP contribution in [0.5, 0.6) is 0 Å². The van der Waals surface area contributed by atoms with E-state index >= 15 is 0 Å². The molecule has 0 saturated carbocycles. The molecule has 0 heterocycles. The Labute approximate surface area is 108 Å². The van der Waals surface area contributed by atoms with E-state index in [0.29, 0.717) is 19.3 Å². The van der Waals surface area contributed by atoms with Crippen LogP contribution in [0.3, 0.4) is 0 Å². The van der Waals surface area contributed by atoms with Crippen molar-refractivity contribution in [3.8, 4) is 0 Å².